The van der Waals surface area contributed by atoms with Crippen molar-refractivity contribution in [3.63, 3.8) is 0 Å². The Hall–Kier alpha value is -7.96. The van der Waals surface area contributed by atoms with E-state index in [0.717, 1.165) is 41.9 Å². The fraction of sp³-hybridized carbons (Fsp3) is 0.365. The number of pyridine rings is 2. The monoisotopic (exact) mass is 1080 g/mol. The summed E-state index contributed by atoms with van der Waals surface area (Å²) in [5.74, 6) is 0.843. The molecule has 25 heteroatoms. The van der Waals surface area contributed by atoms with Crippen LogP contribution in [0.25, 0.3) is 44.1 Å². The average molecular weight is 1090 g/mol. The Bertz CT molecular complexity index is 3520. The van der Waals surface area contributed by atoms with Gasteiger partial charge in [0.25, 0.3) is 11.1 Å². The smallest absolute Gasteiger partial charge is 0.387 e. The number of carbonyl (C=O) groups is 1. The number of nitrogens with one attached hydrogen (secondary N) is 1. The number of ether oxygens (including phenoxy) is 2. The van der Waals surface area contributed by atoms with E-state index < -0.39 is 19.8 Å². The molecule has 0 saturated carbocycles. The molecule has 0 aliphatic carbocycles. The van der Waals surface area contributed by atoms with Gasteiger partial charge in [0.1, 0.15) is 29.5 Å². The summed E-state index contributed by atoms with van der Waals surface area (Å²) in [5, 5.41) is 13.6. The van der Waals surface area contributed by atoms with Gasteiger partial charge in [-0.3, -0.25) is 43.1 Å². The van der Waals surface area contributed by atoms with Crippen molar-refractivity contribution in [3.05, 3.63) is 129 Å². The Kier molecular flexibility index (Phi) is 16.9. The normalized spacial score (nSPS) is 15.7. The number of carbonyl (C=O) groups excluding carboxylic acids is 1. The molecule has 77 heavy (non-hydrogen) atoms. The van der Waals surface area contributed by atoms with Crippen LogP contribution in [-0.4, -0.2) is 136 Å². The molecule has 0 unspecified atom stereocenters. The van der Waals surface area contributed by atoms with Gasteiger partial charge in [0.05, 0.1) is 34.9 Å². The van der Waals surface area contributed by atoms with Crippen LogP contribution in [-0.2, 0) is 32.0 Å². The van der Waals surface area contributed by atoms with Crippen molar-refractivity contribution >= 4 is 52.0 Å². The van der Waals surface area contributed by atoms with Crippen LogP contribution in [0.1, 0.15) is 36.6 Å². The number of aryl methyl sites for hydroxylation is 2. The van der Waals surface area contributed by atoms with E-state index in [1.165, 1.54) is 21.5 Å². The average Bonchev–Trinajstić information content (AvgIpc) is 3.82. The summed E-state index contributed by atoms with van der Waals surface area (Å²) >= 11 is 0. The Labute approximate surface area is 444 Å². The maximum Gasteiger partial charge on any atom is 0.387 e. The predicted octanol–water partition coefficient (Wildman–Crippen LogP) is 5.55. The number of nitrogens with zero attached hydrogens (tertiary/aromatic N) is 13. The van der Waals surface area contributed by atoms with E-state index in [2.05, 4.69) is 56.5 Å². The second-order valence-electron chi connectivity index (χ2n) is 18.7. The number of aliphatic hydroxyl groups excluding tert-OH is 1. The highest BCUT2D eigenvalue weighted by molar-refractivity contribution is 5.86. The molecule has 8 heterocycles. The van der Waals surface area contributed by atoms with Crippen molar-refractivity contribution in [3.8, 4) is 33.8 Å². The number of anilines is 2. The van der Waals surface area contributed by atoms with Crippen molar-refractivity contribution in [2.75, 3.05) is 55.7 Å². The number of piperazine rings is 2. The molecule has 2 atom stereocenters. The Morgan fingerprint density at radius 1 is 0.662 bits per heavy atom. The summed E-state index contributed by atoms with van der Waals surface area (Å²) in [6.07, 6.45) is 6.94. The third kappa shape index (κ3) is 12.0. The zero-order valence-corrected chi connectivity index (χ0v) is 43.8. The van der Waals surface area contributed by atoms with E-state index >= 15 is 0 Å². The van der Waals surface area contributed by atoms with Crippen LogP contribution in [0.3, 0.4) is 0 Å². The fourth-order valence-corrected chi connectivity index (χ4v) is 9.58. The Morgan fingerprint density at radius 3 is 1.53 bits per heavy atom. The molecular weight excluding hydrogens is 1030 g/mol. The molecule has 10 rings (SSSR count). The van der Waals surface area contributed by atoms with Crippen LogP contribution in [0.4, 0.5) is 29.5 Å². The third-order valence-electron chi connectivity index (χ3n) is 13.5. The van der Waals surface area contributed by atoms with Crippen LogP contribution in [0, 0.1) is 13.8 Å². The molecule has 2 aliphatic rings. The summed E-state index contributed by atoms with van der Waals surface area (Å²) in [4.78, 5) is 70.5. The topological polar surface area (TPSA) is 209 Å². The number of amides is 1. The third-order valence-corrected chi connectivity index (χ3v) is 13.5. The Morgan fingerprint density at radius 2 is 1.12 bits per heavy atom. The van der Waals surface area contributed by atoms with Crippen LogP contribution in [0.5, 0.6) is 11.5 Å². The van der Waals surface area contributed by atoms with Crippen molar-refractivity contribution in [1.29, 1.82) is 0 Å². The van der Waals surface area contributed by atoms with Gasteiger partial charge in [-0.2, -0.15) is 17.6 Å². The molecule has 0 bridgehead atoms. The molecule has 8 aromatic rings. The number of fused-ring (bicyclic) bond motifs is 2. The zero-order chi connectivity index (χ0) is 53.9. The van der Waals surface area contributed by atoms with Gasteiger partial charge >= 0.3 is 13.2 Å². The summed E-state index contributed by atoms with van der Waals surface area (Å²) in [6.45, 7) is 5.31. The fourth-order valence-electron chi connectivity index (χ4n) is 9.58. The number of rotatable bonds is 13. The van der Waals surface area contributed by atoms with Crippen LogP contribution in [0.2, 0.25) is 0 Å². The van der Waals surface area contributed by atoms with Gasteiger partial charge in [0.15, 0.2) is 0 Å². The van der Waals surface area contributed by atoms with E-state index in [9.17, 15) is 31.9 Å². The van der Waals surface area contributed by atoms with Gasteiger partial charge < -0.3 is 34.6 Å². The summed E-state index contributed by atoms with van der Waals surface area (Å²) in [6, 6.07) is 17.2. The van der Waals surface area contributed by atoms with Gasteiger partial charge in [-0.05, 0) is 87.4 Å². The molecule has 6 aromatic heterocycles. The molecule has 2 aromatic carbocycles. The van der Waals surface area contributed by atoms with E-state index in [1.807, 2.05) is 36.1 Å². The van der Waals surface area contributed by atoms with Crippen molar-refractivity contribution in [2.24, 2.45) is 14.1 Å². The highest BCUT2D eigenvalue weighted by Crippen LogP contribution is 2.29. The Balaban J connectivity index is 0.000000202. The number of halogens is 5. The van der Waals surface area contributed by atoms with Gasteiger partial charge in [-0.25, -0.2) is 19.9 Å². The van der Waals surface area contributed by atoms with Gasteiger partial charge in [0.2, 0.25) is 17.8 Å². The van der Waals surface area contributed by atoms with E-state index in [1.54, 1.807) is 91.3 Å². The van der Waals surface area contributed by atoms with Crippen molar-refractivity contribution in [2.45, 2.75) is 66.1 Å². The quantitative estimate of drug-likeness (QED) is 0.136. The molecule has 0 spiro atoms. The number of alkyl halides is 4. The molecule has 2 aliphatic heterocycles. The molecule has 2 fully saturated rings. The molecular formula is C52H57ClF4N14O6. The van der Waals surface area contributed by atoms with E-state index in [-0.39, 0.29) is 65.8 Å². The summed E-state index contributed by atoms with van der Waals surface area (Å²) in [5.41, 5.74) is 5.84. The highest BCUT2D eigenvalue weighted by atomic mass is 35.5. The maximum atomic E-state index is 13.0. The first-order valence-electron chi connectivity index (χ1n) is 24.5. The van der Waals surface area contributed by atoms with Gasteiger partial charge in [0, 0.05) is 113 Å². The lowest BCUT2D eigenvalue weighted by molar-refractivity contribution is -0.136. The van der Waals surface area contributed by atoms with Crippen molar-refractivity contribution < 1.29 is 36.9 Å². The molecule has 20 nitrogen and oxygen atoms in total. The zero-order valence-electron chi connectivity index (χ0n) is 43.0. The molecule has 0 radical (unpaired) electrons. The molecule has 2 N–H and O–H groups in total. The van der Waals surface area contributed by atoms with Crippen LogP contribution in [0.15, 0.2) is 95.0 Å². The van der Waals surface area contributed by atoms with Crippen molar-refractivity contribution in [1.82, 2.24) is 58.8 Å². The maximum absolute atomic E-state index is 13.0. The number of hydrogen-bond donors (Lipinski definition) is 2. The second-order valence-corrected chi connectivity index (χ2v) is 18.7. The SMILES string of the molecule is Cc1ccc(OC(F)F)c(Cn2c3cc(-c4cnc(N5CCN(C(=O)CO)[C@H](C)C5)nc4)ccc3c(=O)n2C)n1.Cc1ccc(OC(F)F)c(Cn2c3cc(-c4cnc(N5CCN[C@H](C)C5)nc4)ccc3c(=O)n2C)n1.Cl. The minimum absolute atomic E-state index is 0. The van der Waals surface area contributed by atoms with E-state index in [4.69, 9.17) is 5.11 Å². The number of hydrogen-bond acceptors (Lipinski definition) is 15. The lowest BCUT2D eigenvalue weighted by Crippen LogP contribution is -2.55. The second kappa shape index (κ2) is 23.5. The molecule has 1 amide bonds. The molecule has 2 saturated heterocycles. The lowest BCUT2D eigenvalue weighted by Gasteiger charge is -2.39. The van der Waals surface area contributed by atoms with Gasteiger partial charge in [-0.1, -0.05) is 12.1 Å². The number of aliphatic hydroxyl groups is 1. The predicted molar refractivity (Wildman–Crippen MR) is 283 cm³/mol. The first kappa shape index (κ1) is 55.3. The highest BCUT2D eigenvalue weighted by Gasteiger charge is 2.28. The van der Waals surface area contributed by atoms with Crippen LogP contribution < -0.4 is 35.7 Å². The molecule has 406 valence electrons. The number of aromatic nitrogens is 10. The minimum Gasteiger partial charge on any atom is -0.433 e. The minimum atomic E-state index is -3.00. The summed E-state index contributed by atoms with van der Waals surface area (Å²) < 4.78 is 67.5. The number of benzene rings is 2. The lowest BCUT2D eigenvalue weighted by atomic mass is 10.1. The summed E-state index contributed by atoms with van der Waals surface area (Å²) in [7, 11) is 3.25. The van der Waals surface area contributed by atoms with Crippen LogP contribution >= 0.6 is 12.4 Å². The standard InChI is InChI=1S/C27H29F2N7O4.C25H27F2N7O2.ClH/c1-16-4-7-23(40-26(28)29)21(32-16)14-36-22-10-18(5-6-20(22)25(39)33(36)3)19-11-30-27(31-12-19)34-8-9-35(17(2)13-34)24(38)15-37;1-15-4-7-22(36-24(26)27)20(31-15)14-34-21-10-17(5-6-19(21)23(35)32(34)3)18-11-29-25(30-12-18)33-9-8-28-16(2)13-33;/h4-7,10-12,17,26,37H,8-9,13-15H2,1-3H3;4-7,10-12,16,24,28H,8-9,13-14H2,1-3H3;1H/t17-;16-;/m11./s1. The first-order valence-corrected chi connectivity index (χ1v) is 24.5. The largest absolute Gasteiger partial charge is 0.433 e. The first-order chi connectivity index (χ1) is 36.5. The van der Waals surface area contributed by atoms with Gasteiger partial charge in [-0.15, -0.1) is 12.4 Å². The van der Waals surface area contributed by atoms with E-state index in [0.29, 0.717) is 76.5 Å².